The molecular formula is C14H24N2O3. The van der Waals surface area contributed by atoms with Crippen molar-refractivity contribution in [2.75, 3.05) is 39.4 Å². The summed E-state index contributed by atoms with van der Waals surface area (Å²) < 4.78 is 11.2. The van der Waals surface area contributed by atoms with Gasteiger partial charge in [0.05, 0.1) is 13.2 Å². The van der Waals surface area contributed by atoms with Crippen LogP contribution in [-0.4, -0.2) is 56.0 Å². The Morgan fingerprint density at radius 3 is 2.84 bits per heavy atom. The topological polar surface area (TPSA) is 50.8 Å². The SMILES string of the molecule is CC(C)(C)OC(=O)N1CC2CNCC3COCC32C1. The van der Waals surface area contributed by atoms with Crippen molar-refractivity contribution in [2.24, 2.45) is 17.3 Å². The fourth-order valence-corrected chi connectivity index (χ4v) is 3.73. The molecule has 1 N–H and O–H groups in total. The fourth-order valence-electron chi connectivity index (χ4n) is 3.73. The molecule has 0 bridgehead atoms. The molecule has 19 heavy (non-hydrogen) atoms. The van der Waals surface area contributed by atoms with Gasteiger partial charge < -0.3 is 19.7 Å². The van der Waals surface area contributed by atoms with Crippen molar-refractivity contribution in [3.63, 3.8) is 0 Å². The highest BCUT2D eigenvalue weighted by molar-refractivity contribution is 5.68. The van der Waals surface area contributed by atoms with E-state index in [1.54, 1.807) is 0 Å². The van der Waals surface area contributed by atoms with Crippen LogP contribution in [0.5, 0.6) is 0 Å². The Hall–Kier alpha value is -0.810. The normalized spacial score (nSPS) is 37.9. The van der Waals surface area contributed by atoms with Crippen LogP contribution in [0.4, 0.5) is 4.79 Å². The van der Waals surface area contributed by atoms with E-state index in [-0.39, 0.29) is 11.5 Å². The molecule has 3 saturated heterocycles. The Balaban J connectivity index is 1.73. The van der Waals surface area contributed by atoms with Gasteiger partial charge in [-0.25, -0.2) is 4.79 Å². The molecule has 3 aliphatic rings. The van der Waals surface area contributed by atoms with Crippen LogP contribution >= 0.6 is 0 Å². The number of likely N-dealkylation sites (tertiary alicyclic amines) is 1. The highest BCUT2D eigenvalue weighted by Gasteiger charge is 2.57. The van der Waals surface area contributed by atoms with Gasteiger partial charge in [0, 0.05) is 37.5 Å². The molecule has 3 aliphatic heterocycles. The third-order valence-corrected chi connectivity index (χ3v) is 4.68. The second-order valence-corrected chi connectivity index (χ2v) is 7.16. The molecule has 0 aromatic carbocycles. The van der Waals surface area contributed by atoms with Gasteiger partial charge in [0.2, 0.25) is 0 Å². The monoisotopic (exact) mass is 268 g/mol. The highest BCUT2D eigenvalue weighted by Crippen LogP contribution is 2.48. The molecular weight excluding hydrogens is 244 g/mol. The zero-order valence-corrected chi connectivity index (χ0v) is 12.1. The van der Waals surface area contributed by atoms with E-state index in [0.717, 1.165) is 39.4 Å². The van der Waals surface area contributed by atoms with Crippen molar-refractivity contribution >= 4 is 6.09 Å². The number of hydrogen-bond donors (Lipinski definition) is 1. The number of carbonyl (C=O) groups excluding carboxylic acids is 1. The van der Waals surface area contributed by atoms with Gasteiger partial charge in [0.15, 0.2) is 0 Å². The number of rotatable bonds is 0. The third-order valence-electron chi connectivity index (χ3n) is 4.68. The van der Waals surface area contributed by atoms with Crippen LogP contribution in [0, 0.1) is 17.3 Å². The summed E-state index contributed by atoms with van der Waals surface area (Å²) in [4.78, 5) is 14.1. The van der Waals surface area contributed by atoms with Crippen molar-refractivity contribution < 1.29 is 14.3 Å². The lowest BCUT2D eigenvalue weighted by Gasteiger charge is -2.39. The smallest absolute Gasteiger partial charge is 0.410 e. The highest BCUT2D eigenvalue weighted by atomic mass is 16.6. The second-order valence-electron chi connectivity index (χ2n) is 7.16. The first-order valence-electron chi connectivity index (χ1n) is 7.17. The molecule has 0 aromatic rings. The maximum atomic E-state index is 12.2. The van der Waals surface area contributed by atoms with Gasteiger partial charge in [0.1, 0.15) is 5.60 Å². The number of piperidine rings is 1. The summed E-state index contributed by atoms with van der Waals surface area (Å²) in [6, 6.07) is 0. The first-order valence-corrected chi connectivity index (χ1v) is 7.17. The lowest BCUT2D eigenvalue weighted by molar-refractivity contribution is 0.0261. The molecule has 3 atom stereocenters. The number of carbonyl (C=O) groups is 1. The number of amides is 1. The molecule has 5 heteroatoms. The first-order chi connectivity index (χ1) is 8.91. The maximum Gasteiger partial charge on any atom is 0.410 e. The summed E-state index contributed by atoms with van der Waals surface area (Å²) in [6.07, 6.45) is -0.179. The van der Waals surface area contributed by atoms with Crippen LogP contribution in [-0.2, 0) is 9.47 Å². The summed E-state index contributed by atoms with van der Waals surface area (Å²) in [5.41, 5.74) is -0.255. The van der Waals surface area contributed by atoms with Crippen LogP contribution in [0.2, 0.25) is 0 Å². The Morgan fingerprint density at radius 2 is 2.11 bits per heavy atom. The number of ether oxygens (including phenoxy) is 2. The van der Waals surface area contributed by atoms with Gasteiger partial charge in [0.25, 0.3) is 0 Å². The molecule has 0 aromatic heterocycles. The first kappa shape index (κ1) is 13.2. The summed E-state index contributed by atoms with van der Waals surface area (Å²) in [5.74, 6) is 1.04. The molecule has 3 heterocycles. The van der Waals surface area contributed by atoms with Gasteiger partial charge in [-0.15, -0.1) is 0 Å². The van der Waals surface area contributed by atoms with E-state index in [4.69, 9.17) is 9.47 Å². The van der Waals surface area contributed by atoms with Gasteiger partial charge in [-0.2, -0.15) is 0 Å². The van der Waals surface area contributed by atoms with Crippen LogP contribution in [0.3, 0.4) is 0 Å². The summed E-state index contributed by atoms with van der Waals surface area (Å²) in [5, 5.41) is 3.47. The van der Waals surface area contributed by atoms with Crippen molar-refractivity contribution in [1.29, 1.82) is 0 Å². The molecule has 3 unspecified atom stereocenters. The van der Waals surface area contributed by atoms with E-state index < -0.39 is 5.60 Å². The molecule has 3 fully saturated rings. The van der Waals surface area contributed by atoms with Crippen molar-refractivity contribution in [3.05, 3.63) is 0 Å². The van der Waals surface area contributed by atoms with Gasteiger partial charge >= 0.3 is 6.09 Å². The zero-order valence-electron chi connectivity index (χ0n) is 12.1. The number of nitrogens with one attached hydrogen (secondary N) is 1. The van der Waals surface area contributed by atoms with Crippen LogP contribution < -0.4 is 5.32 Å². The lowest BCUT2D eigenvalue weighted by atomic mass is 9.68. The minimum absolute atomic E-state index is 0.169. The predicted molar refractivity (Wildman–Crippen MR) is 70.9 cm³/mol. The molecule has 0 radical (unpaired) electrons. The van der Waals surface area contributed by atoms with Crippen LogP contribution in [0.15, 0.2) is 0 Å². The van der Waals surface area contributed by atoms with E-state index >= 15 is 0 Å². The van der Waals surface area contributed by atoms with Crippen LogP contribution in [0.1, 0.15) is 20.8 Å². The van der Waals surface area contributed by atoms with Crippen molar-refractivity contribution in [3.8, 4) is 0 Å². The summed E-state index contributed by atoms with van der Waals surface area (Å²) in [7, 11) is 0. The fraction of sp³-hybridized carbons (Fsp3) is 0.929. The van der Waals surface area contributed by atoms with E-state index in [1.807, 2.05) is 25.7 Å². The standard InChI is InChI=1S/C14H24N2O3/c1-13(2,3)19-12(17)16-6-10-4-15-5-11-7-18-9-14(10,11)8-16/h10-11,15H,4-9H2,1-3H3. The van der Waals surface area contributed by atoms with Crippen molar-refractivity contribution in [1.82, 2.24) is 10.2 Å². The Kier molecular flexibility index (Phi) is 3.02. The van der Waals surface area contributed by atoms with Gasteiger partial charge in [-0.3, -0.25) is 0 Å². The summed E-state index contributed by atoms with van der Waals surface area (Å²) in [6.45, 7) is 10.9. The quantitative estimate of drug-likeness (QED) is 0.714. The van der Waals surface area contributed by atoms with E-state index in [0.29, 0.717) is 11.8 Å². The molecule has 1 amide bonds. The Labute approximate surface area is 114 Å². The van der Waals surface area contributed by atoms with E-state index in [9.17, 15) is 4.79 Å². The minimum Gasteiger partial charge on any atom is -0.444 e. The molecule has 5 nitrogen and oxygen atoms in total. The van der Waals surface area contributed by atoms with Crippen LogP contribution in [0.25, 0.3) is 0 Å². The van der Waals surface area contributed by atoms with E-state index in [2.05, 4.69) is 5.32 Å². The van der Waals surface area contributed by atoms with Gasteiger partial charge in [-0.1, -0.05) is 0 Å². The Bertz CT molecular complexity index is 379. The maximum absolute atomic E-state index is 12.2. The molecule has 0 aliphatic carbocycles. The molecule has 3 rings (SSSR count). The Morgan fingerprint density at radius 1 is 1.37 bits per heavy atom. The average Bonchev–Trinajstić information content (AvgIpc) is 2.85. The van der Waals surface area contributed by atoms with Crippen molar-refractivity contribution in [2.45, 2.75) is 26.4 Å². The molecule has 108 valence electrons. The molecule has 1 spiro atoms. The minimum atomic E-state index is -0.424. The molecule has 0 saturated carbocycles. The predicted octanol–water partition coefficient (Wildman–Crippen LogP) is 1.09. The average molecular weight is 268 g/mol. The second kappa shape index (κ2) is 4.35. The summed E-state index contributed by atoms with van der Waals surface area (Å²) >= 11 is 0. The largest absolute Gasteiger partial charge is 0.444 e. The lowest BCUT2D eigenvalue weighted by Crippen LogP contribution is -2.51. The number of nitrogens with zero attached hydrogens (tertiary/aromatic N) is 1. The van der Waals surface area contributed by atoms with Gasteiger partial charge in [-0.05, 0) is 26.7 Å². The van der Waals surface area contributed by atoms with E-state index in [1.165, 1.54) is 0 Å². The number of hydrogen-bond acceptors (Lipinski definition) is 4. The zero-order chi connectivity index (χ0) is 13.7. The third kappa shape index (κ3) is 2.23.